The summed E-state index contributed by atoms with van der Waals surface area (Å²) in [6, 6.07) is 4.50. The topological polar surface area (TPSA) is 55.7 Å². The minimum atomic E-state index is -0.739. The van der Waals surface area contributed by atoms with Crippen LogP contribution in [0.1, 0.15) is 15.9 Å². The van der Waals surface area contributed by atoms with Crippen LogP contribution in [0.25, 0.3) is 0 Å². The number of methoxy groups -OCH3 is 1. The van der Waals surface area contributed by atoms with Crippen molar-refractivity contribution < 1.29 is 9.53 Å². The molecule has 1 aliphatic carbocycles. The Morgan fingerprint density at radius 1 is 1.50 bits per heavy atom. The first-order valence-electron chi connectivity index (χ1n) is 4.30. The maximum Gasteiger partial charge on any atom is 0.191 e. The summed E-state index contributed by atoms with van der Waals surface area (Å²) in [5, 5.41) is 2.80. The number of hydrogen-bond acceptors (Lipinski definition) is 4. The standard InChI is InChI=1S/C10H9NO3/c1-14-7-3-2-6-4-9(11-13)10(12)8(6)5-7/h2-3,5,9H,4H2,1H3. The molecule has 2 rings (SSSR count). The van der Waals surface area contributed by atoms with Gasteiger partial charge in [-0.3, -0.25) is 4.79 Å². The quantitative estimate of drug-likeness (QED) is 0.666. The Bertz CT molecular complexity index is 400. The minimum Gasteiger partial charge on any atom is -0.497 e. The van der Waals surface area contributed by atoms with Crippen LogP contribution in [0.2, 0.25) is 0 Å². The predicted molar refractivity (Wildman–Crippen MR) is 50.6 cm³/mol. The van der Waals surface area contributed by atoms with Crippen LogP contribution in [-0.2, 0) is 6.42 Å². The molecule has 1 atom stereocenters. The molecule has 0 aliphatic heterocycles. The smallest absolute Gasteiger partial charge is 0.191 e. The molecule has 1 aromatic carbocycles. The Labute approximate surface area is 80.9 Å². The Kier molecular flexibility index (Phi) is 2.04. The van der Waals surface area contributed by atoms with E-state index in [1.54, 1.807) is 18.2 Å². The molecule has 0 spiro atoms. The summed E-state index contributed by atoms with van der Waals surface area (Å²) in [5.74, 6) is 0.428. The molecule has 0 N–H and O–H groups in total. The summed E-state index contributed by atoms with van der Waals surface area (Å²) in [4.78, 5) is 21.9. The molecule has 0 saturated carbocycles. The van der Waals surface area contributed by atoms with E-state index in [1.807, 2.05) is 0 Å². The van der Waals surface area contributed by atoms with Crippen LogP contribution >= 0.6 is 0 Å². The van der Waals surface area contributed by atoms with Crippen LogP contribution in [0.15, 0.2) is 23.4 Å². The molecule has 72 valence electrons. The van der Waals surface area contributed by atoms with Crippen LogP contribution in [0, 0.1) is 4.91 Å². The molecule has 0 fully saturated rings. The molecule has 0 bridgehead atoms. The summed E-state index contributed by atoms with van der Waals surface area (Å²) in [6.07, 6.45) is 0.418. The van der Waals surface area contributed by atoms with Crippen molar-refractivity contribution in [2.75, 3.05) is 7.11 Å². The zero-order chi connectivity index (χ0) is 10.1. The zero-order valence-corrected chi connectivity index (χ0v) is 7.69. The van der Waals surface area contributed by atoms with E-state index in [0.717, 1.165) is 5.56 Å². The molecule has 0 saturated heterocycles. The van der Waals surface area contributed by atoms with E-state index in [-0.39, 0.29) is 5.78 Å². The Balaban J connectivity index is 2.44. The average Bonchev–Trinajstić information content (AvgIpc) is 2.55. The van der Waals surface area contributed by atoms with E-state index < -0.39 is 6.04 Å². The molecule has 1 aromatic rings. The van der Waals surface area contributed by atoms with Crippen molar-refractivity contribution in [3.05, 3.63) is 34.2 Å². The second kappa shape index (κ2) is 3.21. The number of Topliss-reactive ketones (excluding diaryl/α,β-unsaturated/α-hetero) is 1. The minimum absolute atomic E-state index is 0.200. The molecule has 0 heterocycles. The third-order valence-corrected chi connectivity index (χ3v) is 2.43. The number of rotatable bonds is 2. The Morgan fingerprint density at radius 3 is 2.93 bits per heavy atom. The normalized spacial score (nSPS) is 19.2. The first-order chi connectivity index (χ1) is 6.76. The summed E-state index contributed by atoms with van der Waals surface area (Å²) >= 11 is 0. The highest BCUT2D eigenvalue weighted by Gasteiger charge is 2.31. The number of benzene rings is 1. The van der Waals surface area contributed by atoms with E-state index in [2.05, 4.69) is 5.18 Å². The van der Waals surface area contributed by atoms with Gasteiger partial charge in [-0.25, -0.2) is 0 Å². The van der Waals surface area contributed by atoms with Gasteiger partial charge in [0.2, 0.25) is 0 Å². The highest BCUT2D eigenvalue weighted by atomic mass is 16.5. The maximum atomic E-state index is 11.5. The lowest BCUT2D eigenvalue weighted by Gasteiger charge is -2.01. The molecule has 1 unspecified atom stereocenters. The van der Waals surface area contributed by atoms with Crippen LogP contribution in [-0.4, -0.2) is 18.9 Å². The maximum absolute atomic E-state index is 11.5. The van der Waals surface area contributed by atoms with E-state index in [1.165, 1.54) is 7.11 Å². The zero-order valence-electron chi connectivity index (χ0n) is 7.69. The van der Waals surface area contributed by atoms with Crippen LogP contribution in [0.4, 0.5) is 0 Å². The van der Waals surface area contributed by atoms with E-state index >= 15 is 0 Å². The Hall–Kier alpha value is -1.71. The first-order valence-corrected chi connectivity index (χ1v) is 4.30. The van der Waals surface area contributed by atoms with Crippen LogP contribution in [0.3, 0.4) is 0 Å². The average molecular weight is 191 g/mol. The molecule has 4 heteroatoms. The lowest BCUT2D eigenvalue weighted by atomic mass is 10.1. The number of hydrogen-bond donors (Lipinski definition) is 0. The number of ketones is 1. The summed E-state index contributed by atoms with van der Waals surface area (Å²) in [6.45, 7) is 0. The van der Waals surface area contributed by atoms with Gasteiger partial charge in [0.05, 0.1) is 7.11 Å². The van der Waals surface area contributed by atoms with Crippen LogP contribution < -0.4 is 4.74 Å². The molecule has 14 heavy (non-hydrogen) atoms. The molecule has 0 amide bonds. The highest BCUT2D eigenvalue weighted by Crippen LogP contribution is 2.27. The van der Waals surface area contributed by atoms with Crippen molar-refractivity contribution in [1.82, 2.24) is 0 Å². The third-order valence-electron chi connectivity index (χ3n) is 2.43. The van der Waals surface area contributed by atoms with Gasteiger partial charge >= 0.3 is 0 Å². The van der Waals surface area contributed by atoms with Crippen molar-refractivity contribution in [2.45, 2.75) is 12.5 Å². The monoisotopic (exact) mass is 191 g/mol. The Morgan fingerprint density at radius 2 is 2.29 bits per heavy atom. The number of nitroso groups, excluding NO2 is 1. The van der Waals surface area contributed by atoms with Gasteiger partial charge in [-0.15, -0.1) is 0 Å². The van der Waals surface area contributed by atoms with Crippen molar-refractivity contribution in [2.24, 2.45) is 5.18 Å². The third kappa shape index (κ3) is 1.19. The molecule has 0 radical (unpaired) electrons. The number of nitrogens with zero attached hydrogens (tertiary/aromatic N) is 1. The molecule has 4 nitrogen and oxygen atoms in total. The van der Waals surface area contributed by atoms with E-state index in [9.17, 15) is 9.70 Å². The largest absolute Gasteiger partial charge is 0.497 e. The molecular weight excluding hydrogens is 182 g/mol. The van der Waals surface area contributed by atoms with Gasteiger partial charge in [0, 0.05) is 12.0 Å². The second-order valence-corrected chi connectivity index (χ2v) is 3.21. The fraction of sp³-hybridized carbons (Fsp3) is 0.300. The lowest BCUT2D eigenvalue weighted by molar-refractivity contribution is 0.0975. The number of carbonyl (C=O) groups is 1. The van der Waals surface area contributed by atoms with Gasteiger partial charge in [0.15, 0.2) is 11.8 Å². The second-order valence-electron chi connectivity index (χ2n) is 3.21. The van der Waals surface area contributed by atoms with Crippen molar-refractivity contribution in [3.63, 3.8) is 0 Å². The fourth-order valence-corrected chi connectivity index (χ4v) is 1.66. The summed E-state index contributed by atoms with van der Waals surface area (Å²) in [5.41, 5.74) is 1.44. The summed E-state index contributed by atoms with van der Waals surface area (Å²) < 4.78 is 5.00. The predicted octanol–water partition coefficient (Wildman–Crippen LogP) is 1.57. The van der Waals surface area contributed by atoms with Crippen molar-refractivity contribution >= 4 is 5.78 Å². The van der Waals surface area contributed by atoms with Crippen molar-refractivity contribution in [3.8, 4) is 5.75 Å². The van der Waals surface area contributed by atoms with Gasteiger partial charge in [0.25, 0.3) is 0 Å². The van der Waals surface area contributed by atoms with Gasteiger partial charge in [0.1, 0.15) is 5.75 Å². The number of carbonyl (C=O) groups excluding carboxylic acids is 1. The van der Waals surface area contributed by atoms with Gasteiger partial charge in [-0.1, -0.05) is 11.2 Å². The van der Waals surface area contributed by atoms with E-state index in [0.29, 0.717) is 17.7 Å². The van der Waals surface area contributed by atoms with Crippen LogP contribution in [0.5, 0.6) is 5.75 Å². The SMILES string of the molecule is COc1ccc2c(c1)C(=O)C(N=O)C2. The van der Waals surface area contributed by atoms with Crippen molar-refractivity contribution in [1.29, 1.82) is 0 Å². The van der Waals surface area contributed by atoms with Gasteiger partial charge < -0.3 is 4.74 Å². The molecular formula is C10H9NO3. The first kappa shape index (κ1) is 8.87. The molecule has 1 aliphatic rings. The summed E-state index contributed by atoms with van der Waals surface area (Å²) in [7, 11) is 1.54. The van der Waals surface area contributed by atoms with Gasteiger partial charge in [-0.05, 0) is 17.7 Å². The van der Waals surface area contributed by atoms with Gasteiger partial charge in [-0.2, -0.15) is 4.91 Å². The van der Waals surface area contributed by atoms with E-state index in [4.69, 9.17) is 4.74 Å². The number of ether oxygens (including phenoxy) is 1. The fourth-order valence-electron chi connectivity index (χ4n) is 1.66. The number of fused-ring (bicyclic) bond motifs is 1. The lowest BCUT2D eigenvalue weighted by Crippen LogP contribution is -2.11. The highest BCUT2D eigenvalue weighted by molar-refractivity contribution is 6.04. The molecule has 0 aromatic heterocycles.